The number of carbonyl (C=O) groups is 1. The van der Waals surface area contributed by atoms with Crippen LogP contribution in [0, 0.1) is 5.82 Å². The van der Waals surface area contributed by atoms with Crippen molar-refractivity contribution >= 4 is 27.6 Å². The molecule has 6 nitrogen and oxygen atoms in total. The number of rotatable bonds is 5. The van der Waals surface area contributed by atoms with Crippen molar-refractivity contribution in [2.75, 3.05) is 13.7 Å². The number of hydrogen-bond donors (Lipinski definition) is 2. The zero-order valence-corrected chi connectivity index (χ0v) is 11.3. The molecule has 19 heavy (non-hydrogen) atoms. The number of carbonyl (C=O) groups excluding carboxylic acids is 1. The van der Waals surface area contributed by atoms with Crippen LogP contribution >= 0.6 is 11.6 Å². The van der Waals surface area contributed by atoms with Gasteiger partial charge >= 0.3 is 5.97 Å². The van der Waals surface area contributed by atoms with Crippen LogP contribution in [0.1, 0.15) is 0 Å². The summed E-state index contributed by atoms with van der Waals surface area (Å²) < 4.78 is 42.6. The fraction of sp³-hybridized carbons (Fsp3) is 0.300. The maximum absolute atomic E-state index is 12.8. The standard InChI is InChI=1S/C10H11ClFNO5S/c1-18-10(15)8(14)5-13-19(16,17)9-3-2-6(12)4-7(9)11/h2-4,8,13-14H,5H2,1H3. The lowest BCUT2D eigenvalue weighted by Gasteiger charge is -2.11. The van der Waals surface area contributed by atoms with E-state index < -0.39 is 34.5 Å². The highest BCUT2D eigenvalue weighted by Crippen LogP contribution is 2.21. The Morgan fingerprint density at radius 3 is 2.74 bits per heavy atom. The number of aliphatic hydroxyl groups excluding tert-OH is 1. The van der Waals surface area contributed by atoms with Crippen LogP contribution in [0.5, 0.6) is 0 Å². The van der Waals surface area contributed by atoms with E-state index >= 15 is 0 Å². The molecule has 0 amide bonds. The van der Waals surface area contributed by atoms with Gasteiger partial charge in [0.25, 0.3) is 0 Å². The Morgan fingerprint density at radius 2 is 2.21 bits per heavy atom. The highest BCUT2D eigenvalue weighted by molar-refractivity contribution is 7.89. The molecule has 2 N–H and O–H groups in total. The van der Waals surface area contributed by atoms with Crippen molar-refractivity contribution in [3.8, 4) is 0 Å². The van der Waals surface area contributed by atoms with Crippen molar-refractivity contribution in [2.45, 2.75) is 11.0 Å². The van der Waals surface area contributed by atoms with E-state index in [4.69, 9.17) is 11.6 Å². The zero-order valence-electron chi connectivity index (χ0n) is 9.76. The third-order valence-electron chi connectivity index (χ3n) is 2.12. The Balaban J connectivity index is 2.85. The molecule has 0 aliphatic rings. The summed E-state index contributed by atoms with van der Waals surface area (Å²) in [6, 6.07) is 2.74. The summed E-state index contributed by atoms with van der Waals surface area (Å²) in [5.41, 5.74) is 0. The lowest BCUT2D eigenvalue weighted by atomic mass is 10.3. The highest BCUT2D eigenvalue weighted by atomic mass is 35.5. The molecule has 0 radical (unpaired) electrons. The summed E-state index contributed by atoms with van der Waals surface area (Å²) in [6.07, 6.45) is -1.64. The summed E-state index contributed by atoms with van der Waals surface area (Å²) in [5.74, 6) is -1.66. The molecule has 0 saturated carbocycles. The number of halogens is 2. The molecule has 0 fully saturated rings. The van der Waals surface area contributed by atoms with Crippen molar-refractivity contribution in [3.63, 3.8) is 0 Å². The average molecular weight is 312 g/mol. The van der Waals surface area contributed by atoms with Crippen LogP contribution in [-0.2, 0) is 19.6 Å². The molecule has 0 bridgehead atoms. The van der Waals surface area contributed by atoms with Crippen LogP contribution in [-0.4, -0.2) is 39.3 Å². The van der Waals surface area contributed by atoms with Crippen LogP contribution in [0.2, 0.25) is 5.02 Å². The minimum Gasteiger partial charge on any atom is -0.467 e. The van der Waals surface area contributed by atoms with Gasteiger partial charge in [-0.3, -0.25) is 0 Å². The number of benzene rings is 1. The van der Waals surface area contributed by atoms with E-state index in [9.17, 15) is 22.7 Å². The second-order valence-electron chi connectivity index (χ2n) is 3.47. The SMILES string of the molecule is COC(=O)C(O)CNS(=O)(=O)c1ccc(F)cc1Cl. The number of aliphatic hydroxyl groups is 1. The van der Waals surface area contributed by atoms with Crippen molar-refractivity contribution in [1.29, 1.82) is 0 Å². The Labute approximate surface area is 114 Å². The lowest BCUT2D eigenvalue weighted by Crippen LogP contribution is -2.37. The number of methoxy groups -OCH3 is 1. The third-order valence-corrected chi connectivity index (χ3v) is 4.03. The Bertz CT molecular complexity index is 577. The molecule has 1 aromatic rings. The van der Waals surface area contributed by atoms with Crippen LogP contribution in [0.25, 0.3) is 0 Å². The summed E-state index contributed by atoms with van der Waals surface area (Å²) in [4.78, 5) is 10.5. The van der Waals surface area contributed by atoms with Crippen molar-refractivity contribution in [3.05, 3.63) is 29.0 Å². The topological polar surface area (TPSA) is 92.7 Å². The molecule has 1 aromatic carbocycles. The van der Waals surface area contributed by atoms with Crippen LogP contribution in [0.15, 0.2) is 23.1 Å². The predicted molar refractivity (Wildman–Crippen MR) is 64.6 cm³/mol. The predicted octanol–water partition coefficient (Wildman–Crippen LogP) is 0.291. The fourth-order valence-corrected chi connectivity index (χ4v) is 2.75. The van der Waals surface area contributed by atoms with Crippen LogP contribution < -0.4 is 4.72 Å². The molecule has 9 heteroatoms. The van der Waals surface area contributed by atoms with Gasteiger partial charge < -0.3 is 9.84 Å². The van der Waals surface area contributed by atoms with Gasteiger partial charge in [0.15, 0.2) is 6.10 Å². The van der Waals surface area contributed by atoms with Crippen LogP contribution in [0.3, 0.4) is 0 Å². The van der Waals surface area contributed by atoms with E-state index in [1.165, 1.54) is 0 Å². The van der Waals surface area contributed by atoms with Gasteiger partial charge in [-0.05, 0) is 18.2 Å². The Hall–Kier alpha value is -1.22. The second-order valence-corrected chi connectivity index (χ2v) is 5.61. The molecule has 0 heterocycles. The first-order valence-electron chi connectivity index (χ1n) is 4.98. The van der Waals surface area contributed by atoms with Crippen molar-refractivity contribution in [2.24, 2.45) is 0 Å². The van der Waals surface area contributed by atoms with E-state index in [0.29, 0.717) is 0 Å². The van der Waals surface area contributed by atoms with Crippen molar-refractivity contribution in [1.82, 2.24) is 4.72 Å². The highest BCUT2D eigenvalue weighted by Gasteiger charge is 2.22. The Kier molecular flexibility index (Phi) is 5.24. The molecule has 0 aromatic heterocycles. The van der Waals surface area contributed by atoms with Gasteiger partial charge in [-0.15, -0.1) is 0 Å². The maximum Gasteiger partial charge on any atom is 0.336 e. The van der Waals surface area contributed by atoms with Gasteiger partial charge in [-0.1, -0.05) is 11.6 Å². The molecule has 0 aliphatic heterocycles. The number of sulfonamides is 1. The Morgan fingerprint density at radius 1 is 1.58 bits per heavy atom. The van der Waals surface area contributed by atoms with Crippen molar-refractivity contribution < 1.29 is 27.4 Å². The van der Waals surface area contributed by atoms with E-state index in [1.807, 2.05) is 4.72 Å². The van der Waals surface area contributed by atoms with Gasteiger partial charge in [0.05, 0.1) is 12.1 Å². The van der Waals surface area contributed by atoms with E-state index in [1.54, 1.807) is 0 Å². The number of hydrogen-bond acceptors (Lipinski definition) is 5. The summed E-state index contributed by atoms with van der Waals surface area (Å²) in [6.45, 7) is -0.581. The first kappa shape index (κ1) is 15.8. The fourth-order valence-electron chi connectivity index (χ4n) is 1.18. The zero-order chi connectivity index (χ0) is 14.6. The van der Waals surface area contributed by atoms with Gasteiger partial charge in [0, 0.05) is 6.54 Å². The lowest BCUT2D eigenvalue weighted by molar-refractivity contribution is -0.149. The summed E-state index contributed by atoms with van der Waals surface area (Å²) >= 11 is 5.61. The van der Waals surface area contributed by atoms with Gasteiger partial charge in [0.1, 0.15) is 10.7 Å². The molecule has 0 saturated heterocycles. The summed E-state index contributed by atoms with van der Waals surface area (Å²) in [7, 11) is -3.01. The van der Waals surface area contributed by atoms with Gasteiger partial charge in [-0.2, -0.15) is 0 Å². The van der Waals surface area contributed by atoms with Gasteiger partial charge in [0.2, 0.25) is 10.0 Å². The average Bonchev–Trinajstić information content (AvgIpc) is 2.34. The normalized spacial score (nSPS) is 13.1. The molecule has 1 rings (SSSR count). The van der Waals surface area contributed by atoms with E-state index in [0.717, 1.165) is 25.3 Å². The minimum absolute atomic E-state index is 0.306. The smallest absolute Gasteiger partial charge is 0.336 e. The molecular weight excluding hydrogens is 301 g/mol. The van der Waals surface area contributed by atoms with E-state index in [-0.39, 0.29) is 9.92 Å². The molecule has 0 spiro atoms. The van der Waals surface area contributed by atoms with Crippen LogP contribution in [0.4, 0.5) is 4.39 Å². The first-order chi connectivity index (χ1) is 8.77. The number of esters is 1. The molecule has 106 valence electrons. The maximum atomic E-state index is 12.8. The molecular formula is C10H11ClFNO5S. The quantitative estimate of drug-likeness (QED) is 0.763. The first-order valence-corrected chi connectivity index (χ1v) is 6.84. The number of ether oxygens (including phenoxy) is 1. The number of nitrogens with one attached hydrogen (secondary N) is 1. The second kappa shape index (κ2) is 6.29. The third kappa shape index (κ3) is 4.13. The molecule has 0 aliphatic carbocycles. The molecule has 1 unspecified atom stereocenters. The summed E-state index contributed by atoms with van der Waals surface area (Å²) in [5, 5.41) is 8.94. The minimum atomic E-state index is -4.06. The van der Waals surface area contributed by atoms with Gasteiger partial charge in [-0.25, -0.2) is 22.3 Å². The largest absolute Gasteiger partial charge is 0.467 e. The van der Waals surface area contributed by atoms with E-state index in [2.05, 4.69) is 4.74 Å². The molecule has 1 atom stereocenters. The monoisotopic (exact) mass is 311 g/mol.